The van der Waals surface area contributed by atoms with Crippen LogP contribution in [0.3, 0.4) is 0 Å². The highest BCUT2D eigenvalue weighted by Gasteiger charge is 2.35. The Bertz CT molecular complexity index is 220. The summed E-state index contributed by atoms with van der Waals surface area (Å²) >= 11 is 0. The maximum absolute atomic E-state index is 11.7. The molecule has 1 saturated carbocycles. The molecule has 88 valence electrons. The normalized spacial score (nSPS) is 26.7. The number of carbonyl (C=O) groups is 1. The van der Waals surface area contributed by atoms with Crippen LogP contribution in [-0.4, -0.2) is 24.2 Å². The maximum Gasteiger partial charge on any atom is 0.310 e. The predicted molar refractivity (Wildman–Crippen MR) is 60.7 cm³/mol. The van der Waals surface area contributed by atoms with E-state index in [4.69, 9.17) is 4.74 Å². The van der Waals surface area contributed by atoms with Gasteiger partial charge in [0.05, 0.1) is 12.5 Å². The summed E-state index contributed by atoms with van der Waals surface area (Å²) in [6, 6.07) is 0.295. The van der Waals surface area contributed by atoms with Crippen molar-refractivity contribution >= 4 is 5.97 Å². The summed E-state index contributed by atoms with van der Waals surface area (Å²) in [5.41, 5.74) is 0.0692. The minimum atomic E-state index is -0.0308. The van der Waals surface area contributed by atoms with Crippen LogP contribution in [-0.2, 0) is 9.53 Å². The van der Waals surface area contributed by atoms with Gasteiger partial charge < -0.3 is 10.1 Å². The van der Waals surface area contributed by atoms with Crippen LogP contribution in [0.15, 0.2) is 0 Å². The molecule has 3 heteroatoms. The van der Waals surface area contributed by atoms with Crippen molar-refractivity contribution < 1.29 is 9.53 Å². The van der Waals surface area contributed by atoms with Crippen LogP contribution >= 0.6 is 0 Å². The second-order valence-electron chi connectivity index (χ2n) is 5.29. The van der Waals surface area contributed by atoms with E-state index in [9.17, 15) is 4.79 Å². The number of hydrogen-bond donors (Lipinski definition) is 1. The summed E-state index contributed by atoms with van der Waals surface area (Å²) in [7, 11) is 0. The van der Waals surface area contributed by atoms with Crippen molar-refractivity contribution in [3.8, 4) is 0 Å². The lowest BCUT2D eigenvalue weighted by Crippen LogP contribution is -2.47. The van der Waals surface area contributed by atoms with Gasteiger partial charge in [-0.3, -0.25) is 4.79 Å². The molecule has 0 bridgehead atoms. The van der Waals surface area contributed by atoms with Gasteiger partial charge in [-0.05, 0) is 40.5 Å². The Kier molecular flexibility index (Phi) is 4.14. The van der Waals surface area contributed by atoms with Crippen LogP contribution in [0.5, 0.6) is 0 Å². The van der Waals surface area contributed by atoms with Gasteiger partial charge in [-0.25, -0.2) is 0 Å². The molecular weight excluding hydrogens is 190 g/mol. The van der Waals surface area contributed by atoms with Gasteiger partial charge in [0.15, 0.2) is 0 Å². The van der Waals surface area contributed by atoms with E-state index in [0.29, 0.717) is 12.6 Å². The van der Waals surface area contributed by atoms with Gasteiger partial charge in [-0.2, -0.15) is 0 Å². The van der Waals surface area contributed by atoms with Crippen LogP contribution in [0.2, 0.25) is 0 Å². The second-order valence-corrected chi connectivity index (χ2v) is 5.29. The highest BCUT2D eigenvalue weighted by Crippen LogP contribution is 2.28. The van der Waals surface area contributed by atoms with E-state index in [0.717, 1.165) is 19.3 Å². The molecule has 0 radical (unpaired) electrons. The summed E-state index contributed by atoms with van der Waals surface area (Å²) in [6.07, 6.45) is 3.17. The molecule has 1 N–H and O–H groups in total. The molecule has 1 aliphatic carbocycles. The molecular formula is C12H23NO2. The van der Waals surface area contributed by atoms with Crippen molar-refractivity contribution in [2.45, 2.75) is 58.5 Å². The van der Waals surface area contributed by atoms with Gasteiger partial charge >= 0.3 is 5.97 Å². The third-order valence-corrected chi connectivity index (χ3v) is 2.72. The van der Waals surface area contributed by atoms with Gasteiger partial charge in [0, 0.05) is 11.6 Å². The van der Waals surface area contributed by atoms with E-state index >= 15 is 0 Å². The quantitative estimate of drug-likeness (QED) is 0.730. The number of rotatable bonds is 3. The topological polar surface area (TPSA) is 38.3 Å². The number of hydrogen-bond acceptors (Lipinski definition) is 3. The number of carbonyl (C=O) groups excluding carboxylic acids is 1. The van der Waals surface area contributed by atoms with E-state index in [1.807, 2.05) is 6.92 Å². The molecule has 15 heavy (non-hydrogen) atoms. The van der Waals surface area contributed by atoms with Gasteiger partial charge in [0.25, 0.3) is 0 Å². The van der Waals surface area contributed by atoms with Crippen molar-refractivity contribution in [1.29, 1.82) is 0 Å². The largest absolute Gasteiger partial charge is 0.466 e. The molecule has 0 heterocycles. The van der Waals surface area contributed by atoms with Crippen molar-refractivity contribution in [1.82, 2.24) is 5.32 Å². The zero-order valence-corrected chi connectivity index (χ0v) is 10.3. The Morgan fingerprint density at radius 3 is 2.60 bits per heavy atom. The molecule has 0 amide bonds. The van der Waals surface area contributed by atoms with Crippen LogP contribution in [0.4, 0.5) is 0 Å². The van der Waals surface area contributed by atoms with E-state index in [2.05, 4.69) is 26.1 Å². The van der Waals surface area contributed by atoms with Gasteiger partial charge in [0.1, 0.15) is 0 Å². The molecule has 0 spiro atoms. The van der Waals surface area contributed by atoms with Gasteiger partial charge in [0.2, 0.25) is 0 Å². The first-order valence-electron chi connectivity index (χ1n) is 5.88. The first kappa shape index (κ1) is 12.5. The molecule has 0 aromatic rings. The lowest BCUT2D eigenvalue weighted by molar-refractivity contribution is -0.148. The lowest BCUT2D eigenvalue weighted by atomic mass is 9.99. The molecule has 0 aliphatic heterocycles. The van der Waals surface area contributed by atoms with E-state index in [-0.39, 0.29) is 17.4 Å². The zero-order chi connectivity index (χ0) is 11.5. The highest BCUT2D eigenvalue weighted by atomic mass is 16.5. The molecule has 1 fully saturated rings. The van der Waals surface area contributed by atoms with Crippen LogP contribution in [0.25, 0.3) is 0 Å². The molecule has 0 saturated heterocycles. The van der Waals surface area contributed by atoms with E-state index in [1.54, 1.807) is 0 Å². The molecule has 0 aromatic carbocycles. The van der Waals surface area contributed by atoms with Crippen LogP contribution in [0, 0.1) is 5.92 Å². The Morgan fingerprint density at radius 1 is 1.40 bits per heavy atom. The molecule has 0 unspecified atom stereocenters. The fraction of sp³-hybridized carbons (Fsp3) is 0.917. The first-order valence-corrected chi connectivity index (χ1v) is 5.88. The third-order valence-electron chi connectivity index (χ3n) is 2.72. The van der Waals surface area contributed by atoms with Gasteiger partial charge in [-0.1, -0.05) is 6.42 Å². The number of nitrogens with one attached hydrogen (secondary N) is 1. The van der Waals surface area contributed by atoms with Crippen molar-refractivity contribution in [3.63, 3.8) is 0 Å². The maximum atomic E-state index is 11.7. The Morgan fingerprint density at radius 2 is 2.07 bits per heavy atom. The number of esters is 1. The minimum Gasteiger partial charge on any atom is -0.466 e. The third kappa shape index (κ3) is 3.82. The summed E-state index contributed by atoms with van der Waals surface area (Å²) in [6.45, 7) is 8.74. The van der Waals surface area contributed by atoms with Crippen LogP contribution < -0.4 is 5.32 Å². The smallest absolute Gasteiger partial charge is 0.310 e. The Labute approximate surface area is 92.6 Å². The molecule has 1 aliphatic rings. The molecule has 1 rings (SSSR count). The zero-order valence-electron chi connectivity index (χ0n) is 10.3. The van der Waals surface area contributed by atoms with Crippen LogP contribution in [0.1, 0.15) is 47.0 Å². The van der Waals surface area contributed by atoms with Crippen molar-refractivity contribution in [3.05, 3.63) is 0 Å². The highest BCUT2D eigenvalue weighted by molar-refractivity contribution is 5.73. The summed E-state index contributed by atoms with van der Waals surface area (Å²) in [4.78, 5) is 11.7. The molecule has 2 atom stereocenters. The predicted octanol–water partition coefficient (Wildman–Crippen LogP) is 2.11. The van der Waals surface area contributed by atoms with Crippen molar-refractivity contribution in [2.75, 3.05) is 6.61 Å². The first-order chi connectivity index (χ1) is 6.94. The average Bonchev–Trinajstić information content (AvgIpc) is 2.49. The molecule has 0 aromatic heterocycles. The Balaban J connectivity index is 2.53. The standard InChI is InChI=1S/C12H23NO2/c1-5-15-11(14)9-7-6-8-10(9)13-12(2,3)4/h9-10,13H,5-8H2,1-4H3/t9-,10+/m0/s1. The van der Waals surface area contributed by atoms with Gasteiger partial charge in [-0.15, -0.1) is 0 Å². The van der Waals surface area contributed by atoms with E-state index < -0.39 is 0 Å². The SMILES string of the molecule is CCOC(=O)[C@H]1CCC[C@H]1NC(C)(C)C. The minimum absolute atomic E-state index is 0.0308. The monoisotopic (exact) mass is 213 g/mol. The summed E-state index contributed by atoms with van der Waals surface area (Å²) < 4.78 is 5.09. The second kappa shape index (κ2) is 4.97. The summed E-state index contributed by atoms with van der Waals surface area (Å²) in [5, 5.41) is 3.51. The van der Waals surface area contributed by atoms with Crippen molar-refractivity contribution in [2.24, 2.45) is 5.92 Å². The van der Waals surface area contributed by atoms with E-state index in [1.165, 1.54) is 0 Å². The lowest BCUT2D eigenvalue weighted by Gasteiger charge is -2.28. The fourth-order valence-electron chi connectivity index (χ4n) is 2.22. The number of ether oxygens (including phenoxy) is 1. The average molecular weight is 213 g/mol. The molecule has 3 nitrogen and oxygen atoms in total. The fourth-order valence-corrected chi connectivity index (χ4v) is 2.22. The summed E-state index contributed by atoms with van der Waals surface area (Å²) in [5.74, 6) is 0.0286. The Hall–Kier alpha value is -0.570.